The third-order valence-corrected chi connectivity index (χ3v) is 4.71. The summed E-state index contributed by atoms with van der Waals surface area (Å²) < 4.78 is 0.946. The van der Waals surface area contributed by atoms with Crippen LogP contribution in [0.2, 0.25) is 0 Å². The van der Waals surface area contributed by atoms with Crippen LogP contribution in [-0.2, 0) is 22.6 Å². The second-order valence-electron chi connectivity index (χ2n) is 5.82. The normalized spacial score (nSPS) is 13.1. The fourth-order valence-electron chi connectivity index (χ4n) is 2.94. The molecular weight excluding hydrogens is 368 g/mol. The zero-order chi connectivity index (χ0) is 17.1. The average Bonchev–Trinajstić information content (AvgIpc) is 2.88. The van der Waals surface area contributed by atoms with Gasteiger partial charge in [0, 0.05) is 23.2 Å². The molecule has 0 saturated heterocycles. The van der Waals surface area contributed by atoms with Gasteiger partial charge in [0.1, 0.15) is 6.54 Å². The molecule has 0 saturated carbocycles. The highest BCUT2D eigenvalue weighted by Gasteiger charge is 2.30. The Labute approximate surface area is 150 Å². The van der Waals surface area contributed by atoms with Gasteiger partial charge in [-0.25, -0.2) is 0 Å². The van der Waals surface area contributed by atoms with Gasteiger partial charge >= 0.3 is 0 Å². The topological polar surface area (TPSA) is 40.6 Å². The Morgan fingerprint density at radius 3 is 2.67 bits per heavy atom. The van der Waals surface area contributed by atoms with E-state index in [2.05, 4.69) is 15.9 Å². The molecular formula is C19H19BrN2O2. The molecule has 24 heavy (non-hydrogen) atoms. The first kappa shape index (κ1) is 16.7. The molecule has 4 nitrogen and oxygen atoms in total. The monoisotopic (exact) mass is 386 g/mol. The molecule has 0 atom stereocenters. The lowest BCUT2D eigenvalue weighted by atomic mass is 10.2. The molecule has 5 heteroatoms. The minimum Gasteiger partial charge on any atom is -0.337 e. The number of nitrogens with zero attached hydrogens (tertiary/aromatic N) is 2. The Bertz CT molecular complexity index is 761. The first-order chi connectivity index (χ1) is 11.6. The summed E-state index contributed by atoms with van der Waals surface area (Å²) in [4.78, 5) is 28.3. The van der Waals surface area contributed by atoms with E-state index in [1.165, 1.54) is 0 Å². The van der Waals surface area contributed by atoms with E-state index in [9.17, 15) is 9.59 Å². The van der Waals surface area contributed by atoms with Gasteiger partial charge in [-0.3, -0.25) is 9.59 Å². The summed E-state index contributed by atoms with van der Waals surface area (Å²) in [5, 5.41) is 0. The SMILES string of the molecule is CCN(Cc1ccccc1)C(=O)CN1C(=O)Cc2cc(Br)ccc21. The van der Waals surface area contributed by atoms with Crippen LogP contribution in [0.25, 0.3) is 0 Å². The van der Waals surface area contributed by atoms with Crippen LogP contribution >= 0.6 is 15.9 Å². The van der Waals surface area contributed by atoms with E-state index < -0.39 is 0 Å². The number of amides is 2. The summed E-state index contributed by atoms with van der Waals surface area (Å²) in [7, 11) is 0. The highest BCUT2D eigenvalue weighted by atomic mass is 79.9. The zero-order valence-corrected chi connectivity index (χ0v) is 15.1. The number of likely N-dealkylation sites (N-methyl/N-ethyl adjacent to an activating group) is 1. The molecule has 2 aromatic rings. The first-order valence-electron chi connectivity index (χ1n) is 7.99. The second-order valence-corrected chi connectivity index (χ2v) is 6.74. The number of benzene rings is 2. The van der Waals surface area contributed by atoms with Crippen molar-refractivity contribution in [1.82, 2.24) is 4.90 Å². The third-order valence-electron chi connectivity index (χ3n) is 4.22. The van der Waals surface area contributed by atoms with Crippen LogP contribution in [0.1, 0.15) is 18.1 Å². The molecule has 0 radical (unpaired) electrons. The number of hydrogen-bond acceptors (Lipinski definition) is 2. The smallest absolute Gasteiger partial charge is 0.242 e. The Morgan fingerprint density at radius 2 is 1.96 bits per heavy atom. The molecule has 0 bridgehead atoms. The molecule has 0 N–H and O–H groups in total. The molecule has 124 valence electrons. The number of anilines is 1. The third kappa shape index (κ3) is 3.51. The van der Waals surface area contributed by atoms with Crippen molar-refractivity contribution in [3.63, 3.8) is 0 Å². The number of carbonyl (C=O) groups is 2. The maximum atomic E-state index is 12.7. The lowest BCUT2D eigenvalue weighted by molar-refractivity contribution is -0.131. The number of carbonyl (C=O) groups excluding carboxylic acids is 2. The lowest BCUT2D eigenvalue weighted by Gasteiger charge is -2.25. The van der Waals surface area contributed by atoms with Gasteiger partial charge in [-0.05, 0) is 36.2 Å². The Morgan fingerprint density at radius 1 is 1.21 bits per heavy atom. The van der Waals surface area contributed by atoms with E-state index in [0.717, 1.165) is 21.3 Å². The number of fused-ring (bicyclic) bond motifs is 1. The molecule has 3 rings (SSSR count). The van der Waals surface area contributed by atoms with Gasteiger partial charge in [0.05, 0.1) is 6.42 Å². The summed E-state index contributed by atoms with van der Waals surface area (Å²) in [6.07, 6.45) is 0.354. The fraction of sp³-hybridized carbons (Fsp3) is 0.263. The highest BCUT2D eigenvalue weighted by Crippen LogP contribution is 2.31. The quantitative estimate of drug-likeness (QED) is 0.789. The van der Waals surface area contributed by atoms with Gasteiger partial charge in [0.2, 0.25) is 11.8 Å². The molecule has 0 fully saturated rings. The van der Waals surface area contributed by atoms with Gasteiger partial charge in [-0.15, -0.1) is 0 Å². The summed E-state index contributed by atoms with van der Waals surface area (Å²) in [6, 6.07) is 15.6. The van der Waals surface area contributed by atoms with Crippen molar-refractivity contribution in [2.24, 2.45) is 0 Å². The maximum absolute atomic E-state index is 12.7. The van der Waals surface area contributed by atoms with Gasteiger partial charge in [0.15, 0.2) is 0 Å². The van der Waals surface area contributed by atoms with Crippen molar-refractivity contribution in [3.05, 3.63) is 64.1 Å². The minimum atomic E-state index is -0.0366. The number of hydrogen-bond donors (Lipinski definition) is 0. The van der Waals surface area contributed by atoms with Crippen molar-refractivity contribution in [1.29, 1.82) is 0 Å². The first-order valence-corrected chi connectivity index (χ1v) is 8.78. The van der Waals surface area contributed by atoms with Crippen molar-refractivity contribution >= 4 is 33.4 Å². The second kappa shape index (κ2) is 7.18. The van der Waals surface area contributed by atoms with Crippen molar-refractivity contribution < 1.29 is 9.59 Å². The van der Waals surface area contributed by atoms with Crippen LogP contribution in [-0.4, -0.2) is 29.8 Å². The van der Waals surface area contributed by atoms with Gasteiger partial charge in [-0.2, -0.15) is 0 Å². The van der Waals surface area contributed by atoms with E-state index in [-0.39, 0.29) is 18.4 Å². The van der Waals surface area contributed by atoms with Gasteiger partial charge in [-0.1, -0.05) is 46.3 Å². The Balaban J connectivity index is 1.73. The molecule has 0 aliphatic carbocycles. The molecule has 0 aromatic heterocycles. The number of rotatable bonds is 5. The van der Waals surface area contributed by atoms with E-state index in [1.54, 1.807) is 9.80 Å². The van der Waals surface area contributed by atoms with Crippen molar-refractivity contribution in [3.8, 4) is 0 Å². The molecule has 2 aromatic carbocycles. The van der Waals surface area contributed by atoms with E-state index in [0.29, 0.717) is 19.5 Å². The average molecular weight is 387 g/mol. The summed E-state index contributed by atoms with van der Waals surface area (Å²) >= 11 is 3.42. The van der Waals surface area contributed by atoms with E-state index in [4.69, 9.17) is 0 Å². The molecule has 1 aliphatic rings. The van der Waals surface area contributed by atoms with Crippen LogP contribution in [0.3, 0.4) is 0 Å². The molecule has 1 heterocycles. The zero-order valence-electron chi connectivity index (χ0n) is 13.5. The summed E-state index contributed by atoms with van der Waals surface area (Å²) in [5.41, 5.74) is 2.89. The fourth-order valence-corrected chi connectivity index (χ4v) is 3.35. The lowest BCUT2D eigenvalue weighted by Crippen LogP contribution is -2.41. The largest absolute Gasteiger partial charge is 0.337 e. The molecule has 2 amide bonds. The predicted molar refractivity (Wildman–Crippen MR) is 97.7 cm³/mol. The Kier molecular flexibility index (Phi) is 5.00. The van der Waals surface area contributed by atoms with Crippen LogP contribution in [0.15, 0.2) is 53.0 Å². The highest BCUT2D eigenvalue weighted by molar-refractivity contribution is 9.10. The molecule has 0 spiro atoms. The van der Waals surface area contributed by atoms with Gasteiger partial charge in [0.25, 0.3) is 0 Å². The van der Waals surface area contributed by atoms with Crippen LogP contribution in [0, 0.1) is 0 Å². The maximum Gasteiger partial charge on any atom is 0.242 e. The Hall–Kier alpha value is -2.14. The van der Waals surface area contributed by atoms with Crippen LogP contribution in [0.4, 0.5) is 5.69 Å². The number of halogens is 1. The van der Waals surface area contributed by atoms with Crippen LogP contribution < -0.4 is 4.90 Å². The van der Waals surface area contributed by atoms with Crippen molar-refractivity contribution in [2.45, 2.75) is 19.9 Å². The standard InChI is InChI=1S/C19H19BrN2O2/c1-2-21(12-14-6-4-3-5-7-14)19(24)13-22-17-9-8-16(20)10-15(17)11-18(22)23/h3-10H,2,11-13H2,1H3. The van der Waals surface area contributed by atoms with Crippen LogP contribution in [0.5, 0.6) is 0 Å². The van der Waals surface area contributed by atoms with Gasteiger partial charge < -0.3 is 9.80 Å². The predicted octanol–water partition coefficient (Wildman–Crippen LogP) is 3.39. The summed E-state index contributed by atoms with van der Waals surface area (Å²) in [6.45, 7) is 3.22. The van der Waals surface area contributed by atoms with E-state index >= 15 is 0 Å². The minimum absolute atomic E-state index is 0.0211. The molecule has 1 aliphatic heterocycles. The van der Waals surface area contributed by atoms with Crippen molar-refractivity contribution in [2.75, 3.05) is 18.0 Å². The van der Waals surface area contributed by atoms with E-state index in [1.807, 2.05) is 55.5 Å². The molecule has 0 unspecified atom stereocenters. The summed E-state index contributed by atoms with van der Waals surface area (Å²) in [5.74, 6) is -0.0577.